The van der Waals surface area contributed by atoms with Gasteiger partial charge in [0.25, 0.3) is 6.01 Å². The third-order valence-electron chi connectivity index (χ3n) is 4.94. The van der Waals surface area contributed by atoms with Gasteiger partial charge in [-0.05, 0) is 47.5 Å². The number of nitrogens with zero attached hydrogens (tertiary/aromatic N) is 1. The Labute approximate surface area is 185 Å². The third-order valence-corrected chi connectivity index (χ3v) is 5.54. The molecule has 8 heteroatoms. The van der Waals surface area contributed by atoms with Crippen LogP contribution in [-0.2, 0) is 10.0 Å². The van der Waals surface area contributed by atoms with E-state index in [1.54, 1.807) is 18.3 Å². The molecule has 0 spiro atoms. The maximum absolute atomic E-state index is 11.4. The van der Waals surface area contributed by atoms with Crippen molar-refractivity contribution in [2.75, 3.05) is 16.3 Å². The van der Waals surface area contributed by atoms with E-state index in [-0.39, 0.29) is 0 Å². The van der Waals surface area contributed by atoms with Gasteiger partial charge in [0.05, 0.1) is 18.1 Å². The molecule has 2 heterocycles. The van der Waals surface area contributed by atoms with E-state index in [9.17, 15) is 8.42 Å². The second-order valence-electron chi connectivity index (χ2n) is 7.46. The fourth-order valence-electron chi connectivity index (χ4n) is 3.51. The van der Waals surface area contributed by atoms with Gasteiger partial charge < -0.3 is 14.7 Å². The molecule has 0 amide bonds. The first-order chi connectivity index (χ1) is 15.4. The zero-order chi connectivity index (χ0) is 22.1. The predicted octanol–water partition coefficient (Wildman–Crippen LogP) is 5.61. The number of nitrogens with one attached hydrogen (secondary N) is 3. The molecule has 32 heavy (non-hydrogen) atoms. The number of rotatable bonds is 6. The lowest BCUT2D eigenvalue weighted by atomic mass is 10.0. The molecule has 0 aliphatic carbocycles. The van der Waals surface area contributed by atoms with Crippen molar-refractivity contribution < 1.29 is 12.8 Å². The van der Waals surface area contributed by atoms with Crippen LogP contribution in [-0.4, -0.2) is 24.6 Å². The topological polar surface area (TPSA) is 100 Å². The fraction of sp³-hybridized carbons (Fsp3) is 0.0417. The molecule has 0 aliphatic rings. The highest BCUT2D eigenvalue weighted by molar-refractivity contribution is 7.92. The first-order valence-corrected chi connectivity index (χ1v) is 11.8. The van der Waals surface area contributed by atoms with Gasteiger partial charge in [-0.3, -0.25) is 4.72 Å². The Hall–Kier alpha value is -4.04. The molecule has 0 unspecified atom stereocenters. The monoisotopic (exact) mass is 444 g/mol. The SMILES string of the molecule is CS(=O)(=O)Nc1ccc(-c2cccc(Nc3ncc(-c4cc5ccccc5[nH]4)o3)c2)cc1. The lowest BCUT2D eigenvalue weighted by Crippen LogP contribution is -2.09. The van der Waals surface area contributed by atoms with Crippen molar-refractivity contribution in [2.24, 2.45) is 0 Å². The molecule has 0 bridgehead atoms. The molecule has 0 atom stereocenters. The van der Waals surface area contributed by atoms with Crippen LogP contribution >= 0.6 is 0 Å². The second kappa shape index (κ2) is 7.90. The number of sulfonamides is 1. The molecule has 7 nitrogen and oxygen atoms in total. The zero-order valence-electron chi connectivity index (χ0n) is 17.2. The number of benzene rings is 3. The number of hydrogen-bond acceptors (Lipinski definition) is 5. The number of para-hydroxylation sites is 1. The number of oxazole rings is 1. The average molecular weight is 445 g/mol. The summed E-state index contributed by atoms with van der Waals surface area (Å²) in [6, 6.07) is 25.5. The summed E-state index contributed by atoms with van der Waals surface area (Å²) in [4.78, 5) is 7.68. The maximum atomic E-state index is 11.4. The van der Waals surface area contributed by atoms with Gasteiger partial charge in [0, 0.05) is 22.3 Å². The largest absolute Gasteiger partial charge is 0.422 e. The Balaban J connectivity index is 1.34. The lowest BCUT2D eigenvalue weighted by Gasteiger charge is -2.08. The number of fused-ring (bicyclic) bond motifs is 1. The van der Waals surface area contributed by atoms with Crippen LogP contribution in [0.3, 0.4) is 0 Å². The number of H-pyrrole nitrogens is 1. The quantitative estimate of drug-likeness (QED) is 0.316. The number of aromatic nitrogens is 2. The van der Waals surface area contributed by atoms with Gasteiger partial charge in [-0.25, -0.2) is 13.4 Å². The van der Waals surface area contributed by atoms with E-state index in [4.69, 9.17) is 4.42 Å². The van der Waals surface area contributed by atoms with Gasteiger partial charge in [0.15, 0.2) is 5.76 Å². The minimum atomic E-state index is -3.30. The molecule has 0 saturated carbocycles. The highest BCUT2D eigenvalue weighted by Gasteiger charge is 2.10. The Bertz CT molecular complexity index is 1470. The van der Waals surface area contributed by atoms with E-state index in [2.05, 4.69) is 20.0 Å². The molecule has 3 aromatic carbocycles. The lowest BCUT2D eigenvalue weighted by molar-refractivity contribution is 0.590. The van der Waals surface area contributed by atoms with Crippen LogP contribution in [0.5, 0.6) is 0 Å². The van der Waals surface area contributed by atoms with Crippen molar-refractivity contribution in [2.45, 2.75) is 0 Å². The molecule has 2 aromatic heterocycles. The van der Waals surface area contributed by atoms with Crippen molar-refractivity contribution >= 4 is 38.3 Å². The van der Waals surface area contributed by atoms with Crippen LogP contribution < -0.4 is 10.0 Å². The summed E-state index contributed by atoms with van der Waals surface area (Å²) in [7, 11) is -3.30. The summed E-state index contributed by atoms with van der Waals surface area (Å²) in [5.41, 5.74) is 5.19. The summed E-state index contributed by atoms with van der Waals surface area (Å²) in [6.45, 7) is 0. The van der Waals surface area contributed by atoms with E-state index in [0.29, 0.717) is 17.5 Å². The Morgan fingerprint density at radius 3 is 2.47 bits per heavy atom. The summed E-state index contributed by atoms with van der Waals surface area (Å²) in [6.07, 6.45) is 2.81. The highest BCUT2D eigenvalue weighted by Crippen LogP contribution is 2.29. The Morgan fingerprint density at radius 2 is 1.69 bits per heavy atom. The Morgan fingerprint density at radius 1 is 0.875 bits per heavy atom. The predicted molar refractivity (Wildman–Crippen MR) is 127 cm³/mol. The minimum absolute atomic E-state index is 0.392. The van der Waals surface area contributed by atoms with E-state index in [1.165, 1.54) is 0 Å². The van der Waals surface area contributed by atoms with Gasteiger partial charge >= 0.3 is 0 Å². The van der Waals surface area contributed by atoms with E-state index in [1.807, 2.05) is 66.7 Å². The average Bonchev–Trinajstić information content (AvgIpc) is 3.40. The van der Waals surface area contributed by atoms with Gasteiger partial charge in [0.1, 0.15) is 0 Å². The van der Waals surface area contributed by atoms with Crippen molar-refractivity contribution in [3.8, 4) is 22.6 Å². The van der Waals surface area contributed by atoms with Crippen molar-refractivity contribution in [1.82, 2.24) is 9.97 Å². The van der Waals surface area contributed by atoms with Gasteiger partial charge in [-0.1, -0.05) is 42.5 Å². The maximum Gasteiger partial charge on any atom is 0.299 e. The molecule has 3 N–H and O–H groups in total. The second-order valence-corrected chi connectivity index (χ2v) is 9.21. The molecular formula is C24H20N4O3S. The molecule has 5 rings (SSSR count). The van der Waals surface area contributed by atoms with Gasteiger partial charge in [-0.15, -0.1) is 0 Å². The standard InChI is InChI=1S/C24H20N4O3S/c1-32(29,30)28-19-11-9-16(10-12-19)17-6-4-7-20(13-17)26-24-25-15-23(31-24)22-14-18-5-2-3-8-21(18)27-22/h2-15,27-28H,1H3,(H,25,26). The summed E-state index contributed by atoms with van der Waals surface area (Å²) in [5.74, 6) is 0.647. The van der Waals surface area contributed by atoms with Crippen LogP contribution in [0.2, 0.25) is 0 Å². The first kappa shape index (κ1) is 19.9. The molecule has 0 radical (unpaired) electrons. The summed E-state index contributed by atoms with van der Waals surface area (Å²) < 4.78 is 31.1. The molecule has 160 valence electrons. The van der Waals surface area contributed by atoms with E-state index in [0.717, 1.165) is 39.7 Å². The third kappa shape index (κ3) is 4.35. The van der Waals surface area contributed by atoms with Crippen LogP contribution in [0.15, 0.2) is 89.5 Å². The van der Waals surface area contributed by atoms with Gasteiger partial charge in [0.2, 0.25) is 10.0 Å². The van der Waals surface area contributed by atoms with Gasteiger partial charge in [-0.2, -0.15) is 0 Å². The van der Waals surface area contributed by atoms with Crippen molar-refractivity contribution in [1.29, 1.82) is 0 Å². The van der Waals surface area contributed by atoms with Crippen LogP contribution in [0.25, 0.3) is 33.5 Å². The highest BCUT2D eigenvalue weighted by atomic mass is 32.2. The van der Waals surface area contributed by atoms with Crippen LogP contribution in [0, 0.1) is 0 Å². The van der Waals surface area contributed by atoms with E-state index >= 15 is 0 Å². The fourth-order valence-corrected chi connectivity index (χ4v) is 4.07. The Kier molecular flexibility index (Phi) is 4.91. The molecule has 5 aromatic rings. The number of aromatic amines is 1. The number of anilines is 3. The van der Waals surface area contributed by atoms with Crippen LogP contribution in [0.1, 0.15) is 0 Å². The smallest absolute Gasteiger partial charge is 0.299 e. The summed E-state index contributed by atoms with van der Waals surface area (Å²) in [5, 5.41) is 4.31. The molecule has 0 fully saturated rings. The minimum Gasteiger partial charge on any atom is -0.422 e. The number of hydrogen-bond donors (Lipinski definition) is 3. The molecular weight excluding hydrogens is 424 g/mol. The normalized spacial score (nSPS) is 11.5. The first-order valence-electron chi connectivity index (χ1n) is 9.92. The van der Waals surface area contributed by atoms with Crippen LogP contribution in [0.4, 0.5) is 17.4 Å². The molecule has 0 aliphatic heterocycles. The summed E-state index contributed by atoms with van der Waals surface area (Å²) >= 11 is 0. The molecule has 0 saturated heterocycles. The van der Waals surface area contributed by atoms with E-state index < -0.39 is 10.0 Å². The van der Waals surface area contributed by atoms with Crippen molar-refractivity contribution in [3.63, 3.8) is 0 Å². The zero-order valence-corrected chi connectivity index (χ0v) is 18.0. The van der Waals surface area contributed by atoms with Crippen molar-refractivity contribution in [3.05, 3.63) is 85.1 Å².